The quantitative estimate of drug-likeness (QED) is 0.557. The fourth-order valence-electron chi connectivity index (χ4n) is 2.17. The van der Waals surface area contributed by atoms with Crippen molar-refractivity contribution in [2.45, 2.75) is 26.3 Å². The number of carbonyl (C=O) groups excluding carboxylic acids is 2. The summed E-state index contributed by atoms with van der Waals surface area (Å²) in [4.78, 5) is 24.0. The summed E-state index contributed by atoms with van der Waals surface area (Å²) in [7, 11) is 0. The summed E-state index contributed by atoms with van der Waals surface area (Å²) >= 11 is 5.14. The molecule has 0 saturated carbocycles. The van der Waals surface area contributed by atoms with E-state index in [0.29, 0.717) is 11.3 Å². The van der Waals surface area contributed by atoms with Gasteiger partial charge in [-0.3, -0.25) is 14.9 Å². The maximum atomic E-state index is 12.1. The van der Waals surface area contributed by atoms with Crippen LogP contribution in [0, 0.1) is 0 Å². The predicted molar refractivity (Wildman–Crippen MR) is 114 cm³/mol. The Balaban J connectivity index is 1.87. The maximum Gasteiger partial charge on any atom is 0.251 e. The zero-order valence-electron chi connectivity index (χ0n) is 15.6. The third-order valence-electron chi connectivity index (χ3n) is 3.36. The van der Waals surface area contributed by atoms with E-state index in [9.17, 15) is 9.59 Å². The summed E-state index contributed by atoms with van der Waals surface area (Å²) < 4.78 is 0. The van der Waals surface area contributed by atoms with Crippen molar-refractivity contribution in [3.63, 3.8) is 0 Å². The molecule has 0 radical (unpaired) electrons. The lowest BCUT2D eigenvalue weighted by Gasteiger charge is -2.20. The van der Waals surface area contributed by atoms with Crippen LogP contribution in [0.1, 0.15) is 36.7 Å². The fraction of sp³-hybridized carbons (Fsp3) is 0.190. The summed E-state index contributed by atoms with van der Waals surface area (Å²) in [5.74, 6) is -0.464. The third-order valence-corrected chi connectivity index (χ3v) is 3.56. The number of nitrogens with one attached hydrogen (secondary N) is 3. The molecule has 2 rings (SSSR count). The summed E-state index contributed by atoms with van der Waals surface area (Å²) in [6, 6.07) is 16.4. The molecule has 0 aliphatic heterocycles. The van der Waals surface area contributed by atoms with Crippen LogP contribution in [0.4, 0.5) is 5.69 Å². The van der Waals surface area contributed by atoms with Crippen LogP contribution in [0.3, 0.4) is 0 Å². The van der Waals surface area contributed by atoms with Crippen molar-refractivity contribution in [2.24, 2.45) is 0 Å². The third kappa shape index (κ3) is 7.42. The number of hydrogen-bond acceptors (Lipinski definition) is 3. The van der Waals surface area contributed by atoms with Crippen LogP contribution in [-0.4, -0.2) is 22.5 Å². The molecule has 0 aliphatic carbocycles. The molecule has 0 aromatic heterocycles. The lowest BCUT2D eigenvalue weighted by Crippen LogP contribution is -2.40. The minimum atomic E-state index is -0.322. The molecule has 5 nitrogen and oxygen atoms in total. The van der Waals surface area contributed by atoms with Gasteiger partial charge in [0.05, 0.1) is 0 Å². The van der Waals surface area contributed by atoms with Crippen LogP contribution in [0.25, 0.3) is 6.08 Å². The van der Waals surface area contributed by atoms with E-state index in [-0.39, 0.29) is 22.5 Å². The lowest BCUT2D eigenvalue weighted by molar-refractivity contribution is -0.115. The number of benzene rings is 2. The van der Waals surface area contributed by atoms with Crippen molar-refractivity contribution in [2.75, 3.05) is 5.32 Å². The Labute approximate surface area is 164 Å². The molecule has 0 atom stereocenters. The van der Waals surface area contributed by atoms with Gasteiger partial charge in [-0.25, -0.2) is 0 Å². The second kappa shape index (κ2) is 9.09. The van der Waals surface area contributed by atoms with Gasteiger partial charge in [-0.05, 0) is 68.9 Å². The van der Waals surface area contributed by atoms with E-state index < -0.39 is 0 Å². The first-order valence-electron chi connectivity index (χ1n) is 8.51. The predicted octanol–water partition coefficient (Wildman–Crippen LogP) is 3.74. The number of carbonyl (C=O) groups is 2. The smallest absolute Gasteiger partial charge is 0.251 e. The zero-order valence-corrected chi connectivity index (χ0v) is 16.4. The highest BCUT2D eigenvalue weighted by Gasteiger charge is 2.15. The SMILES string of the molecule is CC(C)(C)NC(=O)c1ccc(NC(=S)NC(=O)/C=C/c2ccccc2)cc1. The van der Waals surface area contributed by atoms with E-state index >= 15 is 0 Å². The van der Waals surface area contributed by atoms with Crippen LogP contribution in [0.2, 0.25) is 0 Å². The molecule has 2 amide bonds. The van der Waals surface area contributed by atoms with Crippen molar-refractivity contribution in [3.8, 4) is 0 Å². The lowest BCUT2D eigenvalue weighted by atomic mass is 10.1. The minimum Gasteiger partial charge on any atom is -0.347 e. The van der Waals surface area contributed by atoms with Crippen LogP contribution in [0.15, 0.2) is 60.7 Å². The Kier molecular flexibility index (Phi) is 6.85. The first-order valence-corrected chi connectivity index (χ1v) is 8.91. The number of thiocarbonyl (C=S) groups is 1. The maximum absolute atomic E-state index is 12.1. The molecule has 0 spiro atoms. The van der Waals surface area contributed by atoms with Crippen LogP contribution >= 0.6 is 12.2 Å². The molecular weight excluding hydrogens is 358 g/mol. The first kappa shape index (κ1) is 20.3. The van der Waals surface area contributed by atoms with Crippen molar-refractivity contribution >= 4 is 40.9 Å². The van der Waals surface area contributed by atoms with Gasteiger partial charge < -0.3 is 10.6 Å². The standard InChI is InChI=1S/C21H23N3O2S/c1-21(2,3)24-19(26)16-10-12-17(13-11-16)22-20(27)23-18(25)14-9-15-7-5-4-6-8-15/h4-14H,1-3H3,(H,24,26)(H2,22,23,25,27)/b14-9+. The van der Waals surface area contributed by atoms with Gasteiger partial charge in [0.25, 0.3) is 5.91 Å². The second-order valence-electron chi connectivity index (χ2n) is 6.97. The molecule has 0 fully saturated rings. The highest BCUT2D eigenvalue weighted by atomic mass is 32.1. The first-order chi connectivity index (χ1) is 12.7. The fourth-order valence-corrected chi connectivity index (χ4v) is 2.39. The average molecular weight is 382 g/mol. The molecule has 2 aromatic carbocycles. The Bertz CT molecular complexity index is 838. The van der Waals surface area contributed by atoms with Crippen molar-refractivity contribution < 1.29 is 9.59 Å². The molecule has 27 heavy (non-hydrogen) atoms. The molecule has 0 heterocycles. The van der Waals surface area contributed by atoms with Gasteiger partial charge in [-0.15, -0.1) is 0 Å². The van der Waals surface area contributed by atoms with Gasteiger partial charge in [0, 0.05) is 22.9 Å². The van der Waals surface area contributed by atoms with Gasteiger partial charge in [0.1, 0.15) is 0 Å². The number of amides is 2. The molecule has 140 valence electrons. The van der Waals surface area contributed by atoms with Gasteiger partial charge in [-0.1, -0.05) is 30.3 Å². The topological polar surface area (TPSA) is 70.2 Å². The summed E-state index contributed by atoms with van der Waals surface area (Å²) in [6.07, 6.45) is 3.13. The summed E-state index contributed by atoms with van der Waals surface area (Å²) in [6.45, 7) is 5.77. The number of hydrogen-bond donors (Lipinski definition) is 3. The van der Waals surface area contributed by atoms with Crippen LogP contribution < -0.4 is 16.0 Å². The van der Waals surface area contributed by atoms with Gasteiger partial charge in [-0.2, -0.15) is 0 Å². The molecule has 0 bridgehead atoms. The normalized spacial score (nSPS) is 11.1. The molecular formula is C21H23N3O2S. The molecule has 6 heteroatoms. The molecule has 0 unspecified atom stereocenters. The zero-order chi connectivity index (χ0) is 19.9. The van der Waals surface area contributed by atoms with E-state index in [1.165, 1.54) is 6.08 Å². The molecule has 0 aliphatic rings. The van der Waals surface area contributed by atoms with E-state index in [0.717, 1.165) is 5.56 Å². The van der Waals surface area contributed by atoms with Crippen LogP contribution in [-0.2, 0) is 4.79 Å². The highest BCUT2D eigenvalue weighted by molar-refractivity contribution is 7.80. The van der Waals surface area contributed by atoms with Gasteiger partial charge in [0.2, 0.25) is 5.91 Å². The van der Waals surface area contributed by atoms with Crippen molar-refractivity contribution in [1.29, 1.82) is 0 Å². The molecule has 3 N–H and O–H groups in total. The van der Waals surface area contributed by atoms with Crippen molar-refractivity contribution in [3.05, 3.63) is 71.8 Å². The second-order valence-corrected chi connectivity index (χ2v) is 7.38. The summed E-state index contributed by atoms with van der Waals surface area (Å²) in [5, 5.41) is 8.59. The Morgan fingerprint density at radius 1 is 0.963 bits per heavy atom. The van der Waals surface area contributed by atoms with E-state index in [4.69, 9.17) is 12.2 Å². The number of anilines is 1. The molecule has 2 aromatic rings. The minimum absolute atomic E-state index is 0.143. The van der Waals surface area contributed by atoms with Gasteiger partial charge >= 0.3 is 0 Å². The monoisotopic (exact) mass is 381 g/mol. The Hall–Kier alpha value is -2.99. The largest absolute Gasteiger partial charge is 0.347 e. The van der Waals surface area contributed by atoms with Gasteiger partial charge in [0.15, 0.2) is 5.11 Å². The Morgan fingerprint density at radius 2 is 1.59 bits per heavy atom. The number of rotatable bonds is 4. The highest BCUT2D eigenvalue weighted by Crippen LogP contribution is 2.11. The van der Waals surface area contributed by atoms with Crippen molar-refractivity contribution in [1.82, 2.24) is 10.6 Å². The average Bonchev–Trinajstić information content (AvgIpc) is 2.60. The van der Waals surface area contributed by atoms with E-state index in [2.05, 4.69) is 16.0 Å². The summed E-state index contributed by atoms with van der Waals surface area (Å²) in [5.41, 5.74) is 1.86. The van der Waals surface area contributed by atoms with E-state index in [1.54, 1.807) is 30.3 Å². The van der Waals surface area contributed by atoms with Crippen LogP contribution in [0.5, 0.6) is 0 Å². The molecule has 0 saturated heterocycles. The van der Waals surface area contributed by atoms with E-state index in [1.807, 2.05) is 51.1 Å². The Morgan fingerprint density at radius 3 is 2.19 bits per heavy atom.